The molecule has 0 unspecified atom stereocenters. The van der Waals surface area contributed by atoms with E-state index in [1.54, 1.807) is 46.5 Å². The van der Waals surface area contributed by atoms with Gasteiger partial charge in [-0.25, -0.2) is 4.98 Å². The summed E-state index contributed by atoms with van der Waals surface area (Å²) in [6.45, 7) is 1.74. The van der Waals surface area contributed by atoms with Crippen LogP contribution in [-0.2, 0) is 0 Å². The molecule has 0 aliphatic carbocycles. The highest BCUT2D eigenvalue weighted by molar-refractivity contribution is 5.66. The molecular weight excluding hydrogens is 346 g/mol. The van der Waals surface area contributed by atoms with Crippen molar-refractivity contribution in [2.24, 2.45) is 0 Å². The summed E-state index contributed by atoms with van der Waals surface area (Å²) in [7, 11) is 4.76. The third-order valence-corrected chi connectivity index (χ3v) is 4.13. The molecule has 1 heterocycles. The fourth-order valence-corrected chi connectivity index (χ4v) is 2.64. The van der Waals surface area contributed by atoms with Crippen LogP contribution in [0.15, 0.2) is 47.3 Å². The lowest BCUT2D eigenvalue weighted by molar-refractivity contribution is 0.395. The second-order valence-electron chi connectivity index (χ2n) is 5.84. The molecule has 1 aromatic heterocycles. The second-order valence-corrected chi connectivity index (χ2v) is 5.84. The van der Waals surface area contributed by atoms with E-state index in [2.05, 4.69) is 15.3 Å². The van der Waals surface area contributed by atoms with Crippen LogP contribution in [0.5, 0.6) is 17.2 Å². The zero-order chi connectivity index (χ0) is 19.4. The van der Waals surface area contributed by atoms with Crippen LogP contribution in [0.1, 0.15) is 5.56 Å². The van der Waals surface area contributed by atoms with Crippen LogP contribution >= 0.6 is 0 Å². The van der Waals surface area contributed by atoms with Gasteiger partial charge in [-0.05, 0) is 31.2 Å². The number of anilines is 2. The van der Waals surface area contributed by atoms with Crippen molar-refractivity contribution in [1.82, 2.24) is 9.97 Å². The van der Waals surface area contributed by atoms with Crippen molar-refractivity contribution in [2.75, 3.05) is 26.6 Å². The Morgan fingerprint density at radius 2 is 1.48 bits per heavy atom. The molecule has 7 heteroatoms. The molecule has 0 fully saturated rings. The van der Waals surface area contributed by atoms with Gasteiger partial charge in [0.2, 0.25) is 5.95 Å². The number of rotatable bonds is 6. The quantitative estimate of drug-likeness (QED) is 0.693. The second kappa shape index (κ2) is 7.82. The number of hydrogen-bond acceptors (Lipinski definition) is 6. The topological polar surface area (TPSA) is 85.5 Å². The number of ether oxygens (including phenoxy) is 3. The van der Waals surface area contributed by atoms with Crippen molar-refractivity contribution in [3.63, 3.8) is 0 Å². The highest BCUT2D eigenvalue weighted by Gasteiger charge is 2.11. The number of nitrogens with one attached hydrogen (secondary N) is 2. The predicted octanol–water partition coefficient (Wildman–Crippen LogP) is 3.51. The number of aromatic amines is 1. The van der Waals surface area contributed by atoms with Crippen molar-refractivity contribution < 1.29 is 14.2 Å². The summed E-state index contributed by atoms with van der Waals surface area (Å²) < 4.78 is 15.7. The van der Waals surface area contributed by atoms with E-state index in [0.717, 1.165) is 11.3 Å². The molecule has 3 rings (SSSR count). The lowest BCUT2D eigenvalue weighted by Gasteiger charge is -2.12. The van der Waals surface area contributed by atoms with Gasteiger partial charge in [-0.1, -0.05) is 0 Å². The van der Waals surface area contributed by atoms with Gasteiger partial charge in [-0.3, -0.25) is 9.78 Å². The Morgan fingerprint density at radius 1 is 0.889 bits per heavy atom. The zero-order valence-corrected chi connectivity index (χ0v) is 15.6. The van der Waals surface area contributed by atoms with E-state index in [0.29, 0.717) is 34.4 Å². The van der Waals surface area contributed by atoms with Crippen molar-refractivity contribution in [2.45, 2.75) is 6.92 Å². The fourth-order valence-electron chi connectivity index (χ4n) is 2.64. The van der Waals surface area contributed by atoms with E-state index in [4.69, 9.17) is 14.2 Å². The third kappa shape index (κ3) is 4.03. The van der Waals surface area contributed by atoms with E-state index < -0.39 is 0 Å². The average molecular weight is 367 g/mol. The van der Waals surface area contributed by atoms with Crippen LogP contribution in [0.25, 0.3) is 11.3 Å². The van der Waals surface area contributed by atoms with Gasteiger partial charge >= 0.3 is 0 Å². The minimum Gasteiger partial charge on any atom is -0.497 e. The van der Waals surface area contributed by atoms with Crippen molar-refractivity contribution in [3.05, 3.63) is 58.4 Å². The van der Waals surface area contributed by atoms with Crippen molar-refractivity contribution in [3.8, 4) is 28.5 Å². The molecule has 0 spiro atoms. The molecule has 0 bridgehead atoms. The lowest BCUT2D eigenvalue weighted by atomic mass is 10.1. The molecule has 3 aromatic rings. The Morgan fingerprint density at radius 3 is 2.04 bits per heavy atom. The van der Waals surface area contributed by atoms with Crippen LogP contribution in [0, 0.1) is 6.92 Å². The molecule has 7 nitrogen and oxygen atoms in total. The summed E-state index contributed by atoms with van der Waals surface area (Å²) in [5, 5.41) is 3.10. The van der Waals surface area contributed by atoms with Crippen LogP contribution < -0.4 is 25.1 Å². The molecular formula is C20H21N3O4. The fraction of sp³-hybridized carbons (Fsp3) is 0.200. The molecule has 27 heavy (non-hydrogen) atoms. The highest BCUT2D eigenvalue weighted by Crippen LogP contribution is 2.28. The summed E-state index contributed by atoms with van der Waals surface area (Å²) in [6, 6.07) is 12.7. The molecule has 0 radical (unpaired) electrons. The number of methoxy groups -OCH3 is 3. The van der Waals surface area contributed by atoms with Gasteiger partial charge in [-0.15, -0.1) is 0 Å². The summed E-state index contributed by atoms with van der Waals surface area (Å²) in [5.41, 5.74) is 2.42. The first kappa shape index (κ1) is 18.3. The molecule has 0 aliphatic heterocycles. The zero-order valence-electron chi connectivity index (χ0n) is 15.6. The lowest BCUT2D eigenvalue weighted by Crippen LogP contribution is -2.15. The SMILES string of the molecule is COc1ccc(-c2nc(Nc3cc(OC)cc(OC)c3)[nH]c(=O)c2C)cc1. The molecule has 0 saturated carbocycles. The van der Waals surface area contributed by atoms with E-state index in [1.165, 1.54) is 0 Å². The molecule has 2 aromatic carbocycles. The normalized spacial score (nSPS) is 10.4. The van der Waals surface area contributed by atoms with E-state index in [1.807, 2.05) is 24.3 Å². The molecule has 0 saturated heterocycles. The summed E-state index contributed by atoms with van der Waals surface area (Å²) >= 11 is 0. The highest BCUT2D eigenvalue weighted by atomic mass is 16.5. The Balaban J connectivity index is 2.00. The summed E-state index contributed by atoms with van der Waals surface area (Å²) in [6.07, 6.45) is 0. The van der Waals surface area contributed by atoms with Gasteiger partial charge in [0.25, 0.3) is 5.56 Å². The van der Waals surface area contributed by atoms with Crippen LogP contribution in [-0.4, -0.2) is 31.3 Å². The largest absolute Gasteiger partial charge is 0.497 e. The van der Waals surface area contributed by atoms with E-state index in [-0.39, 0.29) is 5.56 Å². The molecule has 140 valence electrons. The number of nitrogens with zero attached hydrogens (tertiary/aromatic N) is 1. The molecule has 0 amide bonds. The minimum atomic E-state index is -0.215. The van der Waals surface area contributed by atoms with Gasteiger partial charge in [-0.2, -0.15) is 0 Å². The van der Waals surface area contributed by atoms with E-state index >= 15 is 0 Å². The number of H-pyrrole nitrogens is 1. The first-order valence-electron chi connectivity index (χ1n) is 8.29. The molecule has 0 atom stereocenters. The summed E-state index contributed by atoms with van der Waals surface area (Å²) in [4.78, 5) is 19.7. The number of benzene rings is 2. The maximum Gasteiger partial charge on any atom is 0.255 e. The van der Waals surface area contributed by atoms with Gasteiger partial charge in [0.15, 0.2) is 0 Å². The van der Waals surface area contributed by atoms with Crippen LogP contribution in [0.4, 0.5) is 11.6 Å². The van der Waals surface area contributed by atoms with E-state index in [9.17, 15) is 4.79 Å². The number of hydrogen-bond donors (Lipinski definition) is 2. The Hall–Kier alpha value is -3.48. The predicted molar refractivity (Wildman–Crippen MR) is 104 cm³/mol. The number of aromatic nitrogens is 2. The Bertz CT molecular complexity index is 975. The Kier molecular flexibility index (Phi) is 5.30. The van der Waals surface area contributed by atoms with Crippen LogP contribution in [0.2, 0.25) is 0 Å². The van der Waals surface area contributed by atoms with Crippen LogP contribution in [0.3, 0.4) is 0 Å². The average Bonchev–Trinajstić information content (AvgIpc) is 2.70. The summed E-state index contributed by atoms with van der Waals surface area (Å²) in [5.74, 6) is 2.32. The van der Waals surface area contributed by atoms with Crippen molar-refractivity contribution in [1.29, 1.82) is 0 Å². The first-order valence-corrected chi connectivity index (χ1v) is 8.29. The minimum absolute atomic E-state index is 0.215. The van der Waals surface area contributed by atoms with Gasteiger partial charge in [0, 0.05) is 35.0 Å². The maximum absolute atomic E-state index is 12.4. The standard InChI is InChI=1S/C20H21N3O4/c1-12-18(13-5-7-15(25-2)8-6-13)22-20(23-19(12)24)21-14-9-16(26-3)11-17(10-14)27-4/h5-11H,1-4H3,(H2,21,22,23,24). The molecule has 0 aliphatic rings. The Labute approximate surface area is 156 Å². The monoisotopic (exact) mass is 367 g/mol. The third-order valence-electron chi connectivity index (χ3n) is 4.13. The molecule has 2 N–H and O–H groups in total. The maximum atomic E-state index is 12.4. The first-order chi connectivity index (χ1) is 13.0. The van der Waals surface area contributed by atoms with Gasteiger partial charge in [0.1, 0.15) is 17.2 Å². The van der Waals surface area contributed by atoms with Crippen molar-refractivity contribution >= 4 is 11.6 Å². The van der Waals surface area contributed by atoms with Gasteiger partial charge < -0.3 is 19.5 Å². The van der Waals surface area contributed by atoms with Gasteiger partial charge in [0.05, 0.1) is 27.0 Å². The smallest absolute Gasteiger partial charge is 0.255 e.